The first-order valence-electron chi connectivity index (χ1n) is 19.2. The van der Waals surface area contributed by atoms with Crippen LogP contribution < -0.4 is 15.5 Å². The first-order valence-corrected chi connectivity index (χ1v) is 20.6. The van der Waals surface area contributed by atoms with E-state index >= 15 is 4.39 Å². The summed E-state index contributed by atoms with van der Waals surface area (Å²) in [6.45, 7) is 8.31. The van der Waals surface area contributed by atoms with Gasteiger partial charge in [0, 0.05) is 36.4 Å². The molecule has 1 saturated carbocycles. The molecule has 4 fully saturated rings. The lowest BCUT2D eigenvalue weighted by Crippen LogP contribution is -2.65. The van der Waals surface area contributed by atoms with Crippen molar-refractivity contribution in [2.45, 2.75) is 65.4 Å². The largest absolute Gasteiger partial charge is 0.453 e. The number of hydrogen-bond acceptors (Lipinski definition) is 9. The van der Waals surface area contributed by atoms with Gasteiger partial charge in [-0.25, -0.2) is 22.0 Å². The van der Waals surface area contributed by atoms with E-state index in [2.05, 4.69) is 38.1 Å². The minimum absolute atomic E-state index is 0.0627. The van der Waals surface area contributed by atoms with Gasteiger partial charge in [-0.3, -0.25) is 14.7 Å². The normalized spacial score (nSPS) is 22.9. The number of alkyl carbamates (subject to hydrolysis) is 1. The standard InChI is InChI=1S/C41H50F2N6O5S/c1-3-38(50)45-32-22-35(24-44-23-32)55(52,53)34-13-11-33(12-14-34)49-26-40(43,27-49)25-48-19-15-29(16-20-48)41(28-47-17-6-18-47,30-7-4-8-31(42)21-30)36-9-5-10-37(36)46-39(51)54-2/h3-4,7-8,11-14,21-24,29,36-37H,1,5-6,9-10,15-20,25-28H2,2H3,(H,45,50)(H,46,51)/t36-,37-,41-/m0/s1. The number of rotatable bonds is 13. The van der Waals surface area contributed by atoms with Crippen LogP contribution >= 0.6 is 0 Å². The van der Waals surface area contributed by atoms with Crippen LogP contribution in [0.2, 0.25) is 0 Å². The summed E-state index contributed by atoms with van der Waals surface area (Å²) in [5.74, 6) is -0.426. The third kappa shape index (κ3) is 8.13. The highest BCUT2D eigenvalue weighted by molar-refractivity contribution is 7.91. The lowest BCUT2D eigenvalue weighted by Gasteiger charge is -2.54. The first-order chi connectivity index (χ1) is 26.4. The van der Waals surface area contributed by atoms with Crippen LogP contribution in [0.1, 0.15) is 44.1 Å². The van der Waals surface area contributed by atoms with Crippen LogP contribution in [0.15, 0.2) is 89.4 Å². The molecule has 3 aliphatic heterocycles. The van der Waals surface area contributed by atoms with E-state index in [1.165, 1.54) is 43.8 Å². The van der Waals surface area contributed by atoms with E-state index in [1.54, 1.807) is 24.3 Å². The smallest absolute Gasteiger partial charge is 0.407 e. The summed E-state index contributed by atoms with van der Waals surface area (Å²) in [5, 5.41) is 5.65. The number of methoxy groups -OCH3 is 1. The molecule has 2 amide bonds. The number of carbonyl (C=O) groups excluding carboxylic acids is 2. The molecule has 294 valence electrons. The Morgan fingerprint density at radius 2 is 1.73 bits per heavy atom. The summed E-state index contributed by atoms with van der Waals surface area (Å²) >= 11 is 0. The van der Waals surface area contributed by atoms with Crippen molar-refractivity contribution in [3.05, 3.63) is 91.0 Å². The highest BCUT2D eigenvalue weighted by atomic mass is 32.2. The molecular weight excluding hydrogens is 727 g/mol. The summed E-state index contributed by atoms with van der Waals surface area (Å²) in [6, 6.07) is 14.7. The van der Waals surface area contributed by atoms with E-state index in [0.29, 0.717) is 6.54 Å². The number of aromatic nitrogens is 1. The highest BCUT2D eigenvalue weighted by Gasteiger charge is 2.54. The summed E-state index contributed by atoms with van der Waals surface area (Å²) < 4.78 is 62.9. The molecule has 7 rings (SSSR count). The summed E-state index contributed by atoms with van der Waals surface area (Å²) in [4.78, 5) is 34.7. The Morgan fingerprint density at radius 1 is 0.982 bits per heavy atom. The predicted molar refractivity (Wildman–Crippen MR) is 206 cm³/mol. The lowest BCUT2D eigenvalue weighted by molar-refractivity contribution is -0.111. The number of anilines is 2. The Kier molecular flexibility index (Phi) is 11.3. The molecule has 2 N–H and O–H groups in total. The molecule has 0 unspecified atom stereocenters. The fourth-order valence-electron chi connectivity index (χ4n) is 9.46. The third-order valence-corrected chi connectivity index (χ3v) is 14.0. The topological polar surface area (TPSA) is 124 Å². The predicted octanol–water partition coefficient (Wildman–Crippen LogP) is 5.59. The number of halogens is 2. The van der Waals surface area contributed by atoms with Crippen LogP contribution in [-0.2, 0) is 24.8 Å². The minimum Gasteiger partial charge on any atom is -0.453 e. The van der Waals surface area contributed by atoms with E-state index in [1.807, 2.05) is 4.90 Å². The number of sulfone groups is 1. The van der Waals surface area contributed by atoms with Gasteiger partial charge in [-0.15, -0.1) is 0 Å². The number of nitrogens with one attached hydrogen (secondary N) is 2. The summed E-state index contributed by atoms with van der Waals surface area (Å²) in [5.41, 5.74) is 0.141. The summed E-state index contributed by atoms with van der Waals surface area (Å²) in [6.07, 6.45) is 8.76. The molecule has 2 aromatic carbocycles. The first kappa shape index (κ1) is 38.9. The molecular formula is C41H50F2N6O5S. The van der Waals surface area contributed by atoms with Gasteiger partial charge in [0.2, 0.25) is 15.7 Å². The zero-order valence-electron chi connectivity index (χ0n) is 31.3. The van der Waals surface area contributed by atoms with Crippen molar-refractivity contribution in [3.8, 4) is 0 Å². The highest BCUT2D eigenvalue weighted by Crippen LogP contribution is 2.51. The number of amides is 2. The van der Waals surface area contributed by atoms with Crippen molar-refractivity contribution in [1.29, 1.82) is 0 Å². The summed E-state index contributed by atoms with van der Waals surface area (Å²) in [7, 11) is -2.54. The molecule has 3 aromatic rings. The Labute approximate surface area is 322 Å². The monoisotopic (exact) mass is 776 g/mol. The van der Waals surface area contributed by atoms with E-state index in [4.69, 9.17) is 4.74 Å². The van der Waals surface area contributed by atoms with Crippen LogP contribution in [0.3, 0.4) is 0 Å². The van der Waals surface area contributed by atoms with Gasteiger partial charge >= 0.3 is 6.09 Å². The molecule has 11 nitrogen and oxygen atoms in total. The lowest BCUT2D eigenvalue weighted by atomic mass is 9.57. The second-order valence-corrected chi connectivity index (χ2v) is 17.6. The molecule has 3 atom stereocenters. The fraction of sp³-hybridized carbons (Fsp3) is 0.488. The number of carbonyl (C=O) groups is 2. The molecule has 4 heterocycles. The van der Waals surface area contributed by atoms with Crippen molar-refractivity contribution in [2.75, 3.05) is 69.7 Å². The van der Waals surface area contributed by atoms with Crippen molar-refractivity contribution in [1.82, 2.24) is 20.1 Å². The third-order valence-electron chi connectivity index (χ3n) is 12.2. The maximum absolute atomic E-state index is 16.3. The molecule has 55 heavy (non-hydrogen) atoms. The van der Waals surface area contributed by atoms with Crippen LogP contribution in [0.5, 0.6) is 0 Å². The number of piperidine rings is 1. The van der Waals surface area contributed by atoms with Crippen LogP contribution in [0.4, 0.5) is 25.0 Å². The number of ether oxygens (including phenoxy) is 1. The number of benzene rings is 2. The van der Waals surface area contributed by atoms with Gasteiger partial charge in [0.25, 0.3) is 0 Å². The van der Waals surface area contributed by atoms with E-state index in [9.17, 15) is 22.4 Å². The second kappa shape index (κ2) is 16.0. The van der Waals surface area contributed by atoms with E-state index in [-0.39, 0.29) is 52.3 Å². The molecule has 0 bridgehead atoms. The average Bonchev–Trinajstić information content (AvgIpc) is 3.62. The Balaban J connectivity index is 1.01. The van der Waals surface area contributed by atoms with Gasteiger partial charge in [0.05, 0.1) is 41.9 Å². The molecule has 4 aliphatic rings. The second-order valence-electron chi connectivity index (χ2n) is 15.6. The zero-order chi connectivity index (χ0) is 38.8. The van der Waals surface area contributed by atoms with Gasteiger partial charge < -0.3 is 25.2 Å². The quantitative estimate of drug-likeness (QED) is 0.214. The molecule has 3 saturated heterocycles. The number of pyridine rings is 1. The van der Waals surface area contributed by atoms with Gasteiger partial charge in [-0.2, -0.15) is 0 Å². The van der Waals surface area contributed by atoms with Crippen LogP contribution in [0, 0.1) is 17.7 Å². The number of nitrogens with zero attached hydrogens (tertiary/aromatic N) is 4. The minimum atomic E-state index is -3.92. The van der Waals surface area contributed by atoms with Gasteiger partial charge in [0.15, 0.2) is 5.67 Å². The van der Waals surface area contributed by atoms with E-state index < -0.39 is 32.9 Å². The molecule has 1 aromatic heterocycles. The van der Waals surface area contributed by atoms with Crippen molar-refractivity contribution in [2.24, 2.45) is 11.8 Å². The van der Waals surface area contributed by atoms with Crippen molar-refractivity contribution in [3.63, 3.8) is 0 Å². The number of hydrogen-bond donors (Lipinski definition) is 2. The number of alkyl halides is 1. The Hall–Kier alpha value is -4.40. The Morgan fingerprint density at radius 3 is 2.38 bits per heavy atom. The molecule has 0 radical (unpaired) electrons. The maximum Gasteiger partial charge on any atom is 0.407 e. The number of likely N-dealkylation sites (tertiary alicyclic amines) is 2. The average molecular weight is 777 g/mol. The van der Waals surface area contributed by atoms with Crippen LogP contribution in [-0.4, -0.2) is 106 Å². The van der Waals surface area contributed by atoms with Gasteiger partial charge in [-0.1, -0.05) is 25.1 Å². The molecule has 1 aliphatic carbocycles. The van der Waals surface area contributed by atoms with Crippen LogP contribution in [0.25, 0.3) is 0 Å². The molecule has 14 heteroatoms. The van der Waals surface area contributed by atoms with Crippen molar-refractivity contribution < 1.29 is 31.5 Å². The fourth-order valence-corrected chi connectivity index (χ4v) is 10.7. The van der Waals surface area contributed by atoms with E-state index in [0.717, 1.165) is 88.6 Å². The maximum atomic E-state index is 16.3. The SMILES string of the molecule is C=CC(=O)Nc1cncc(S(=O)(=O)c2ccc(N3CC(F)(CN4CCC([C@@](CN5CCC5)(c5cccc(F)c5)[C@H]5CCC[C@@H]5NC(=O)OC)CC4)C3)cc2)c1. The zero-order valence-corrected chi connectivity index (χ0v) is 32.1. The van der Waals surface area contributed by atoms with Gasteiger partial charge in [-0.05, 0) is 124 Å². The van der Waals surface area contributed by atoms with Gasteiger partial charge in [0.1, 0.15) is 5.82 Å². The van der Waals surface area contributed by atoms with Crippen molar-refractivity contribution >= 4 is 33.2 Å². The molecule has 0 spiro atoms. The Bertz CT molecular complexity index is 1980.